The molecule has 0 aliphatic carbocycles. The highest BCUT2D eigenvalue weighted by Crippen LogP contribution is 2.22. The summed E-state index contributed by atoms with van der Waals surface area (Å²) in [5.41, 5.74) is 0.329. The average Bonchev–Trinajstić information content (AvgIpc) is 2.01. The molecule has 1 aromatic rings. The number of aromatic nitrogens is 1. The minimum absolute atomic E-state index is 0.255. The van der Waals surface area contributed by atoms with E-state index in [2.05, 4.69) is 4.98 Å². The second-order valence-electron chi connectivity index (χ2n) is 3.92. The van der Waals surface area contributed by atoms with Gasteiger partial charge in [0.25, 0.3) is 0 Å². The second-order valence-corrected chi connectivity index (χ2v) is 3.92. The minimum atomic E-state index is -0.411. The van der Waals surface area contributed by atoms with Crippen LogP contribution < -0.4 is 0 Å². The van der Waals surface area contributed by atoms with Gasteiger partial charge in [0.2, 0.25) is 0 Å². The SMILES string of the molecule is CC(C)(C)c1ncc(C#N)cc1F. The number of rotatable bonds is 0. The fourth-order valence-corrected chi connectivity index (χ4v) is 1.05. The van der Waals surface area contributed by atoms with E-state index >= 15 is 0 Å². The molecule has 0 N–H and O–H groups in total. The Labute approximate surface area is 77.0 Å². The molecule has 0 spiro atoms. The molecule has 1 heterocycles. The molecule has 0 aromatic carbocycles. The maximum atomic E-state index is 13.3. The molecule has 0 amide bonds. The summed E-state index contributed by atoms with van der Waals surface area (Å²) in [6, 6.07) is 3.06. The minimum Gasteiger partial charge on any atom is -0.256 e. The third kappa shape index (κ3) is 2.03. The molecule has 0 saturated heterocycles. The third-order valence-electron chi connectivity index (χ3n) is 1.68. The van der Waals surface area contributed by atoms with Crippen LogP contribution in [0.25, 0.3) is 0 Å². The predicted molar refractivity (Wildman–Crippen MR) is 47.6 cm³/mol. The van der Waals surface area contributed by atoms with Gasteiger partial charge < -0.3 is 0 Å². The lowest BCUT2D eigenvalue weighted by atomic mass is 9.91. The van der Waals surface area contributed by atoms with Gasteiger partial charge in [-0.25, -0.2) is 4.39 Å². The van der Waals surface area contributed by atoms with Gasteiger partial charge in [0, 0.05) is 11.6 Å². The van der Waals surface area contributed by atoms with Crippen LogP contribution in [0.3, 0.4) is 0 Å². The molecule has 3 heteroatoms. The van der Waals surface area contributed by atoms with Crippen molar-refractivity contribution in [1.29, 1.82) is 5.26 Å². The summed E-state index contributed by atoms with van der Waals surface area (Å²) < 4.78 is 13.3. The molecular weight excluding hydrogens is 167 g/mol. The quantitative estimate of drug-likeness (QED) is 0.611. The van der Waals surface area contributed by atoms with Gasteiger partial charge in [-0.2, -0.15) is 5.26 Å². The molecular formula is C10H11FN2. The van der Waals surface area contributed by atoms with Crippen LogP contribution in [0.1, 0.15) is 32.0 Å². The summed E-state index contributed by atoms with van der Waals surface area (Å²) in [4.78, 5) is 3.92. The third-order valence-corrected chi connectivity index (χ3v) is 1.68. The van der Waals surface area contributed by atoms with Gasteiger partial charge >= 0.3 is 0 Å². The summed E-state index contributed by atoms with van der Waals surface area (Å²) in [5.74, 6) is -0.411. The number of nitrogens with zero attached hydrogens (tertiary/aromatic N) is 2. The van der Waals surface area contributed by atoms with E-state index in [1.54, 1.807) is 0 Å². The molecule has 0 atom stereocenters. The molecule has 0 fully saturated rings. The smallest absolute Gasteiger partial charge is 0.146 e. The van der Waals surface area contributed by atoms with Crippen LogP contribution in [0.4, 0.5) is 4.39 Å². The highest BCUT2D eigenvalue weighted by atomic mass is 19.1. The summed E-state index contributed by atoms with van der Waals surface area (Å²) in [5, 5.41) is 8.50. The molecule has 0 aliphatic rings. The average molecular weight is 178 g/mol. The standard InChI is InChI=1S/C10H11FN2/c1-10(2,3)9-8(11)4-7(5-12)6-13-9/h4,6H,1-3H3. The first-order valence-electron chi connectivity index (χ1n) is 4.01. The van der Waals surface area contributed by atoms with Crippen LogP contribution in [-0.2, 0) is 5.41 Å². The van der Waals surface area contributed by atoms with Crippen molar-refractivity contribution in [3.05, 3.63) is 29.3 Å². The molecule has 0 bridgehead atoms. The van der Waals surface area contributed by atoms with Crippen molar-refractivity contribution < 1.29 is 4.39 Å². The zero-order valence-corrected chi connectivity index (χ0v) is 7.93. The van der Waals surface area contributed by atoms with Gasteiger partial charge in [-0.05, 0) is 6.07 Å². The van der Waals surface area contributed by atoms with Crippen LogP contribution in [0.15, 0.2) is 12.3 Å². The molecule has 1 aromatic heterocycles. The Balaban J connectivity index is 3.23. The van der Waals surface area contributed by atoms with Crippen molar-refractivity contribution in [2.75, 3.05) is 0 Å². The second kappa shape index (κ2) is 3.14. The lowest BCUT2D eigenvalue weighted by Gasteiger charge is -2.17. The van der Waals surface area contributed by atoms with Crippen LogP contribution in [0.5, 0.6) is 0 Å². The predicted octanol–water partition coefficient (Wildman–Crippen LogP) is 2.39. The van der Waals surface area contributed by atoms with Crippen molar-refractivity contribution in [2.24, 2.45) is 0 Å². The number of halogens is 1. The first-order valence-corrected chi connectivity index (χ1v) is 4.01. The van der Waals surface area contributed by atoms with E-state index in [-0.39, 0.29) is 11.0 Å². The lowest BCUT2D eigenvalue weighted by Crippen LogP contribution is -2.16. The van der Waals surface area contributed by atoms with E-state index in [4.69, 9.17) is 5.26 Å². The maximum Gasteiger partial charge on any atom is 0.146 e. The van der Waals surface area contributed by atoms with E-state index < -0.39 is 5.82 Å². The zero-order chi connectivity index (χ0) is 10.1. The number of nitriles is 1. The zero-order valence-electron chi connectivity index (χ0n) is 7.93. The van der Waals surface area contributed by atoms with Crippen molar-refractivity contribution >= 4 is 0 Å². The van der Waals surface area contributed by atoms with Crippen LogP contribution in [-0.4, -0.2) is 4.98 Å². The Morgan fingerprint density at radius 1 is 1.46 bits per heavy atom. The fourth-order valence-electron chi connectivity index (χ4n) is 1.05. The summed E-state index contributed by atoms with van der Waals surface area (Å²) in [6.07, 6.45) is 1.39. The van der Waals surface area contributed by atoms with E-state index in [0.717, 1.165) is 0 Å². The Morgan fingerprint density at radius 3 is 2.46 bits per heavy atom. The van der Waals surface area contributed by atoms with E-state index in [0.29, 0.717) is 5.69 Å². The summed E-state index contributed by atoms with van der Waals surface area (Å²) >= 11 is 0. The molecule has 68 valence electrons. The normalized spacial score (nSPS) is 11.0. The molecule has 0 saturated carbocycles. The van der Waals surface area contributed by atoms with E-state index in [1.165, 1.54) is 12.3 Å². The van der Waals surface area contributed by atoms with Crippen molar-refractivity contribution in [3.8, 4) is 6.07 Å². The molecule has 2 nitrogen and oxygen atoms in total. The summed E-state index contributed by atoms with van der Waals surface area (Å²) in [6.45, 7) is 5.64. The van der Waals surface area contributed by atoms with Gasteiger partial charge in [0.1, 0.15) is 11.9 Å². The maximum absolute atomic E-state index is 13.3. The Bertz CT molecular complexity index is 358. The van der Waals surface area contributed by atoms with E-state index in [1.807, 2.05) is 26.8 Å². The molecule has 0 radical (unpaired) electrons. The van der Waals surface area contributed by atoms with Crippen LogP contribution >= 0.6 is 0 Å². The van der Waals surface area contributed by atoms with Crippen LogP contribution in [0.2, 0.25) is 0 Å². The molecule has 13 heavy (non-hydrogen) atoms. The monoisotopic (exact) mass is 178 g/mol. The van der Waals surface area contributed by atoms with Crippen molar-refractivity contribution in [3.63, 3.8) is 0 Å². The van der Waals surface area contributed by atoms with Gasteiger partial charge in [-0.3, -0.25) is 4.98 Å². The first kappa shape index (κ1) is 9.66. The van der Waals surface area contributed by atoms with E-state index in [9.17, 15) is 4.39 Å². The summed E-state index contributed by atoms with van der Waals surface area (Å²) in [7, 11) is 0. The van der Waals surface area contributed by atoms with Crippen molar-refractivity contribution in [1.82, 2.24) is 4.98 Å². The largest absolute Gasteiger partial charge is 0.256 e. The number of hydrogen-bond donors (Lipinski definition) is 0. The Hall–Kier alpha value is -1.43. The molecule has 1 rings (SSSR count). The molecule has 0 aliphatic heterocycles. The van der Waals surface area contributed by atoms with Gasteiger partial charge in [-0.1, -0.05) is 20.8 Å². The topological polar surface area (TPSA) is 36.7 Å². The lowest BCUT2D eigenvalue weighted by molar-refractivity contribution is 0.502. The van der Waals surface area contributed by atoms with Gasteiger partial charge in [-0.15, -0.1) is 0 Å². The molecule has 0 unspecified atom stereocenters. The Kier molecular flexibility index (Phi) is 2.33. The Morgan fingerprint density at radius 2 is 2.08 bits per heavy atom. The van der Waals surface area contributed by atoms with Gasteiger partial charge in [0.05, 0.1) is 11.3 Å². The first-order chi connectivity index (χ1) is 5.95. The fraction of sp³-hybridized carbons (Fsp3) is 0.400. The van der Waals surface area contributed by atoms with Gasteiger partial charge in [0.15, 0.2) is 0 Å². The van der Waals surface area contributed by atoms with Crippen LogP contribution in [0, 0.1) is 17.1 Å². The number of pyridine rings is 1. The highest BCUT2D eigenvalue weighted by Gasteiger charge is 2.20. The van der Waals surface area contributed by atoms with Crippen molar-refractivity contribution in [2.45, 2.75) is 26.2 Å². The number of hydrogen-bond acceptors (Lipinski definition) is 2. The highest BCUT2D eigenvalue weighted by molar-refractivity contribution is 5.29.